The average molecular weight is 382 g/mol. The van der Waals surface area contributed by atoms with Crippen molar-refractivity contribution in [3.8, 4) is 39.6 Å². The summed E-state index contributed by atoms with van der Waals surface area (Å²) in [4.78, 5) is 4.57. The smallest absolute Gasteiger partial charge is 0.0998 e. The lowest BCUT2D eigenvalue weighted by molar-refractivity contribution is 1.33. The van der Waals surface area contributed by atoms with Crippen LogP contribution in [0.1, 0.15) is 5.56 Å². The zero-order valence-corrected chi connectivity index (χ0v) is 16.3. The molecule has 0 aliphatic rings. The average Bonchev–Trinajstić information content (AvgIpc) is 2.84. The second-order valence-electron chi connectivity index (χ2n) is 7.23. The van der Waals surface area contributed by atoms with Crippen LogP contribution in [0.3, 0.4) is 0 Å². The Labute approximate surface area is 175 Å². The summed E-state index contributed by atoms with van der Waals surface area (Å²) >= 11 is 0. The Bertz CT molecular complexity index is 1380. The normalized spacial score (nSPS) is 10.6. The van der Waals surface area contributed by atoms with E-state index in [4.69, 9.17) is 0 Å². The Kier molecular flexibility index (Phi) is 4.56. The minimum atomic E-state index is 0.669. The number of nitrogens with zero attached hydrogens (tertiary/aromatic N) is 2. The number of pyridine rings is 1. The highest BCUT2D eigenvalue weighted by molar-refractivity contribution is 5.92. The van der Waals surface area contributed by atoms with Gasteiger partial charge in [-0.2, -0.15) is 5.26 Å². The number of benzene rings is 4. The van der Waals surface area contributed by atoms with Crippen molar-refractivity contribution in [2.45, 2.75) is 0 Å². The third kappa shape index (κ3) is 3.34. The molecular formula is C28H18N2. The molecule has 0 radical (unpaired) electrons. The van der Waals surface area contributed by atoms with Crippen LogP contribution in [0.25, 0.3) is 44.3 Å². The van der Waals surface area contributed by atoms with Crippen molar-refractivity contribution in [2.24, 2.45) is 0 Å². The number of rotatable bonds is 3. The van der Waals surface area contributed by atoms with E-state index in [0.717, 1.165) is 33.2 Å². The monoisotopic (exact) mass is 382 g/mol. The summed E-state index contributed by atoms with van der Waals surface area (Å²) in [5.74, 6) is 0. The molecule has 0 N–H and O–H groups in total. The van der Waals surface area contributed by atoms with Crippen LogP contribution in [0.2, 0.25) is 0 Å². The summed E-state index contributed by atoms with van der Waals surface area (Å²) < 4.78 is 0. The highest BCUT2D eigenvalue weighted by Gasteiger charge is 2.08. The molecule has 1 aromatic heterocycles. The molecule has 2 nitrogen and oxygen atoms in total. The lowest BCUT2D eigenvalue weighted by atomic mass is 9.97. The first-order valence-electron chi connectivity index (χ1n) is 9.87. The second kappa shape index (κ2) is 7.66. The number of hydrogen-bond donors (Lipinski definition) is 0. The van der Waals surface area contributed by atoms with E-state index >= 15 is 0 Å². The lowest BCUT2D eigenvalue weighted by Crippen LogP contribution is -1.88. The molecule has 0 amide bonds. The van der Waals surface area contributed by atoms with Crippen LogP contribution in [0.15, 0.2) is 109 Å². The van der Waals surface area contributed by atoms with E-state index in [-0.39, 0.29) is 0 Å². The van der Waals surface area contributed by atoms with Crippen molar-refractivity contribution in [3.05, 3.63) is 115 Å². The van der Waals surface area contributed by atoms with E-state index in [1.54, 1.807) is 0 Å². The molecule has 140 valence electrons. The van der Waals surface area contributed by atoms with E-state index in [1.165, 1.54) is 11.1 Å². The molecule has 30 heavy (non-hydrogen) atoms. The first-order chi connectivity index (χ1) is 14.8. The standard InChI is InChI=1S/C28H18N2/c29-19-26-17-25(16-24-8-4-5-9-27(24)26)28-18-23(14-15-30-28)22-12-10-21(11-13-22)20-6-2-1-3-7-20/h1-18H. The van der Waals surface area contributed by atoms with Gasteiger partial charge in [-0.15, -0.1) is 0 Å². The zero-order chi connectivity index (χ0) is 20.3. The Morgan fingerprint density at radius 3 is 2.00 bits per heavy atom. The fourth-order valence-corrected chi connectivity index (χ4v) is 3.80. The summed E-state index contributed by atoms with van der Waals surface area (Å²) in [5.41, 5.74) is 7.13. The minimum Gasteiger partial charge on any atom is -0.256 e. The van der Waals surface area contributed by atoms with Gasteiger partial charge in [-0.1, -0.05) is 78.9 Å². The SMILES string of the molecule is N#Cc1cc(-c2cc(-c3ccc(-c4ccccc4)cc3)ccn2)cc2ccccc12. The Morgan fingerprint density at radius 2 is 1.23 bits per heavy atom. The molecule has 0 saturated heterocycles. The molecule has 0 unspecified atom stereocenters. The van der Waals surface area contributed by atoms with Gasteiger partial charge in [-0.05, 0) is 57.3 Å². The Balaban J connectivity index is 1.54. The number of nitriles is 1. The number of aromatic nitrogens is 1. The van der Waals surface area contributed by atoms with Crippen LogP contribution in [0, 0.1) is 11.3 Å². The summed E-state index contributed by atoms with van der Waals surface area (Å²) in [6, 6.07) is 37.4. The van der Waals surface area contributed by atoms with Crippen molar-refractivity contribution in [1.82, 2.24) is 4.98 Å². The van der Waals surface area contributed by atoms with Crippen molar-refractivity contribution in [3.63, 3.8) is 0 Å². The van der Waals surface area contributed by atoms with Gasteiger partial charge in [0.05, 0.1) is 17.3 Å². The van der Waals surface area contributed by atoms with Gasteiger partial charge >= 0.3 is 0 Å². The molecule has 0 saturated carbocycles. The van der Waals surface area contributed by atoms with Crippen molar-refractivity contribution < 1.29 is 0 Å². The maximum Gasteiger partial charge on any atom is 0.0998 e. The van der Waals surface area contributed by atoms with Gasteiger partial charge in [0.2, 0.25) is 0 Å². The van der Waals surface area contributed by atoms with Crippen LogP contribution < -0.4 is 0 Å². The van der Waals surface area contributed by atoms with E-state index in [9.17, 15) is 5.26 Å². The topological polar surface area (TPSA) is 36.7 Å². The van der Waals surface area contributed by atoms with Crippen LogP contribution in [0.5, 0.6) is 0 Å². The molecule has 5 rings (SSSR count). The second-order valence-corrected chi connectivity index (χ2v) is 7.23. The number of hydrogen-bond acceptors (Lipinski definition) is 2. The third-order valence-corrected chi connectivity index (χ3v) is 5.36. The Hall–Kier alpha value is -4.22. The summed E-state index contributed by atoms with van der Waals surface area (Å²) in [5, 5.41) is 11.6. The molecule has 1 heterocycles. The predicted molar refractivity (Wildman–Crippen MR) is 123 cm³/mol. The van der Waals surface area contributed by atoms with Crippen molar-refractivity contribution >= 4 is 10.8 Å². The van der Waals surface area contributed by atoms with E-state index < -0.39 is 0 Å². The third-order valence-electron chi connectivity index (χ3n) is 5.36. The van der Waals surface area contributed by atoms with Gasteiger partial charge in [-0.25, -0.2) is 0 Å². The minimum absolute atomic E-state index is 0.669. The van der Waals surface area contributed by atoms with Crippen LogP contribution >= 0.6 is 0 Å². The van der Waals surface area contributed by atoms with Gasteiger partial charge in [-0.3, -0.25) is 4.98 Å². The van der Waals surface area contributed by atoms with E-state index in [1.807, 2.05) is 48.7 Å². The highest BCUT2D eigenvalue weighted by atomic mass is 14.7. The maximum absolute atomic E-state index is 9.59. The summed E-state index contributed by atoms with van der Waals surface area (Å²) in [6.07, 6.45) is 1.83. The van der Waals surface area contributed by atoms with Gasteiger partial charge in [0.15, 0.2) is 0 Å². The Morgan fingerprint density at radius 1 is 0.567 bits per heavy atom. The quantitative estimate of drug-likeness (QED) is 0.333. The van der Waals surface area contributed by atoms with Crippen molar-refractivity contribution in [1.29, 1.82) is 5.26 Å². The fraction of sp³-hybridized carbons (Fsp3) is 0. The lowest BCUT2D eigenvalue weighted by Gasteiger charge is -2.09. The van der Waals surface area contributed by atoms with Crippen molar-refractivity contribution in [2.75, 3.05) is 0 Å². The molecule has 0 aliphatic heterocycles. The van der Waals surface area contributed by atoms with E-state index in [0.29, 0.717) is 5.56 Å². The largest absolute Gasteiger partial charge is 0.256 e. The number of fused-ring (bicyclic) bond motifs is 1. The molecule has 0 spiro atoms. The predicted octanol–water partition coefficient (Wildman–Crippen LogP) is 7.11. The molecule has 0 atom stereocenters. The van der Waals surface area contributed by atoms with Crippen LogP contribution in [-0.4, -0.2) is 4.98 Å². The van der Waals surface area contributed by atoms with Crippen LogP contribution in [0.4, 0.5) is 0 Å². The summed E-state index contributed by atoms with van der Waals surface area (Å²) in [6.45, 7) is 0. The fourth-order valence-electron chi connectivity index (χ4n) is 3.80. The van der Waals surface area contributed by atoms with Gasteiger partial charge in [0.1, 0.15) is 0 Å². The highest BCUT2D eigenvalue weighted by Crippen LogP contribution is 2.30. The summed E-state index contributed by atoms with van der Waals surface area (Å²) in [7, 11) is 0. The van der Waals surface area contributed by atoms with Crippen LogP contribution in [-0.2, 0) is 0 Å². The molecule has 0 aliphatic carbocycles. The first kappa shape index (κ1) is 17.8. The molecule has 5 aromatic rings. The van der Waals surface area contributed by atoms with E-state index in [2.05, 4.69) is 71.7 Å². The molecular weight excluding hydrogens is 364 g/mol. The van der Waals surface area contributed by atoms with Gasteiger partial charge in [0, 0.05) is 11.8 Å². The molecule has 0 bridgehead atoms. The zero-order valence-electron chi connectivity index (χ0n) is 16.3. The molecule has 0 fully saturated rings. The van der Waals surface area contributed by atoms with Gasteiger partial charge in [0.25, 0.3) is 0 Å². The molecule has 2 heteroatoms. The van der Waals surface area contributed by atoms with Gasteiger partial charge < -0.3 is 0 Å². The molecule has 4 aromatic carbocycles. The maximum atomic E-state index is 9.59. The first-order valence-corrected chi connectivity index (χ1v) is 9.87.